The van der Waals surface area contributed by atoms with Gasteiger partial charge in [-0.25, -0.2) is 29.9 Å². The molecular formula is C58H90N12O6. The van der Waals surface area contributed by atoms with E-state index in [1.54, 1.807) is 42.7 Å². The first-order chi connectivity index (χ1) is 37.0. The van der Waals surface area contributed by atoms with Crippen LogP contribution in [0.1, 0.15) is 166 Å². The van der Waals surface area contributed by atoms with Gasteiger partial charge < -0.3 is 59.7 Å². The number of rotatable bonds is 38. The number of anilines is 2. The summed E-state index contributed by atoms with van der Waals surface area (Å²) in [6.45, 7) is 9.49. The summed E-state index contributed by atoms with van der Waals surface area (Å²) in [5, 5.41) is 7.94. The number of aromatic nitrogens is 8. The largest absolute Gasteiger partial charge is 0.493 e. The summed E-state index contributed by atoms with van der Waals surface area (Å²) in [6, 6.07) is 9.15. The number of unbranched alkanes of at least 4 members (excludes halogenated alkanes) is 11. The van der Waals surface area contributed by atoms with E-state index in [1.807, 2.05) is 24.3 Å². The number of fused-ring (bicyclic) bond motifs is 2. The minimum absolute atomic E-state index is 0.377. The van der Waals surface area contributed by atoms with E-state index >= 15 is 0 Å². The second-order valence-electron chi connectivity index (χ2n) is 20.4. The van der Waals surface area contributed by atoms with E-state index in [0.29, 0.717) is 88.1 Å². The number of hydrogen-bond donors (Lipinski definition) is 4. The van der Waals surface area contributed by atoms with Crippen molar-refractivity contribution >= 4 is 34.0 Å². The van der Waals surface area contributed by atoms with E-state index in [2.05, 4.69) is 60.5 Å². The lowest BCUT2D eigenvalue weighted by Gasteiger charge is -2.24. The third-order valence-corrected chi connectivity index (χ3v) is 14.6. The molecule has 18 nitrogen and oxygen atoms in total. The van der Waals surface area contributed by atoms with Crippen LogP contribution < -0.4 is 50.5 Å². The number of hydrogen-bond acceptors (Lipinski definition) is 16. The van der Waals surface area contributed by atoms with Gasteiger partial charge in [0.2, 0.25) is 11.5 Å². The lowest BCUT2D eigenvalue weighted by molar-refractivity contribution is 0.324. The Balaban J connectivity index is 0.992. The summed E-state index contributed by atoms with van der Waals surface area (Å²) in [6.07, 6.45) is 27.3. The van der Waals surface area contributed by atoms with Crippen molar-refractivity contribution in [1.82, 2.24) is 49.7 Å². The maximum Gasteiger partial charge on any atom is 0.203 e. The van der Waals surface area contributed by atoms with Crippen LogP contribution >= 0.6 is 0 Å². The van der Waals surface area contributed by atoms with Crippen LogP contribution in [0.5, 0.6) is 34.5 Å². The normalized spacial score (nSPS) is 12.8. The fourth-order valence-electron chi connectivity index (χ4n) is 10.5. The lowest BCUT2D eigenvalue weighted by Crippen LogP contribution is -2.37. The van der Waals surface area contributed by atoms with E-state index in [-0.39, 0.29) is 0 Å². The molecule has 0 aliphatic heterocycles. The Hall–Kier alpha value is -6.14. The first-order valence-electron chi connectivity index (χ1n) is 28.0. The molecule has 0 spiro atoms. The zero-order chi connectivity index (χ0) is 54.2. The molecule has 418 valence electrons. The maximum atomic E-state index is 6.33. The van der Waals surface area contributed by atoms with Crippen molar-refractivity contribution in [1.29, 1.82) is 0 Å². The third-order valence-electron chi connectivity index (χ3n) is 14.6. The molecule has 3 unspecified atom stereocenters. The van der Waals surface area contributed by atoms with E-state index in [4.69, 9.17) is 49.9 Å². The predicted octanol–water partition coefficient (Wildman–Crippen LogP) is 10.8. The summed E-state index contributed by atoms with van der Waals surface area (Å²) in [5.74, 6) is 6.01. The Kier molecular flexibility index (Phi) is 24.2. The fourth-order valence-corrected chi connectivity index (χ4v) is 10.5. The van der Waals surface area contributed by atoms with Gasteiger partial charge in [0.15, 0.2) is 57.0 Å². The number of nitrogen functional groups attached to an aromatic ring is 2. The molecule has 6 rings (SSSR count). The molecule has 18 heteroatoms. The first-order valence-corrected chi connectivity index (χ1v) is 28.0. The molecule has 0 radical (unpaired) electrons. The van der Waals surface area contributed by atoms with Gasteiger partial charge in [-0.3, -0.25) is 0 Å². The van der Waals surface area contributed by atoms with Gasteiger partial charge in [-0.05, 0) is 101 Å². The smallest absolute Gasteiger partial charge is 0.203 e. The van der Waals surface area contributed by atoms with Crippen LogP contribution in [0.2, 0.25) is 0 Å². The second kappa shape index (κ2) is 31.2. The SMILES string of the molecule is CCCCCCCCCCCCC(CCCNC(C)CCCCn1c(Cc2cc(OC)c(OC)c(OC)c2)nc2c(N)ncnc21)NC(C)CCCCn1c(Cc2cc(OC)c(OC)c(OC)c2)nc2c(N)ncnc21. The molecule has 0 saturated carbocycles. The number of ether oxygens (including phenoxy) is 6. The molecule has 76 heavy (non-hydrogen) atoms. The van der Waals surface area contributed by atoms with Gasteiger partial charge in [-0.15, -0.1) is 0 Å². The van der Waals surface area contributed by atoms with Gasteiger partial charge >= 0.3 is 0 Å². The van der Waals surface area contributed by atoms with Gasteiger partial charge in [0.05, 0.1) is 42.7 Å². The molecule has 2 aromatic carbocycles. The molecule has 3 atom stereocenters. The van der Waals surface area contributed by atoms with Gasteiger partial charge in [0.1, 0.15) is 24.3 Å². The van der Waals surface area contributed by atoms with Crippen molar-refractivity contribution in [3.8, 4) is 34.5 Å². The van der Waals surface area contributed by atoms with Gasteiger partial charge in [-0.1, -0.05) is 84.0 Å². The predicted molar refractivity (Wildman–Crippen MR) is 305 cm³/mol. The molecule has 0 saturated heterocycles. The molecule has 0 amide bonds. The maximum absolute atomic E-state index is 6.33. The fraction of sp³-hybridized carbons (Fsp3) is 0.621. The summed E-state index contributed by atoms with van der Waals surface area (Å²) in [5.41, 5.74) is 17.3. The number of aryl methyl sites for hydroxylation is 2. The summed E-state index contributed by atoms with van der Waals surface area (Å²) in [7, 11) is 9.73. The minimum atomic E-state index is 0.377. The van der Waals surface area contributed by atoms with E-state index in [9.17, 15) is 0 Å². The Morgan fingerprint density at radius 1 is 0.487 bits per heavy atom. The van der Waals surface area contributed by atoms with Crippen molar-refractivity contribution in [2.75, 3.05) is 60.7 Å². The molecule has 6 N–H and O–H groups in total. The zero-order valence-electron chi connectivity index (χ0n) is 47.3. The van der Waals surface area contributed by atoms with Crippen LogP contribution in [0.15, 0.2) is 36.9 Å². The summed E-state index contributed by atoms with van der Waals surface area (Å²) >= 11 is 0. The monoisotopic (exact) mass is 1050 g/mol. The second-order valence-corrected chi connectivity index (χ2v) is 20.4. The van der Waals surface area contributed by atoms with Crippen molar-refractivity contribution in [2.45, 2.75) is 187 Å². The van der Waals surface area contributed by atoms with E-state index < -0.39 is 0 Å². The molecule has 6 aromatic rings. The average Bonchev–Trinajstić information content (AvgIpc) is 3.97. The number of nitrogens with one attached hydrogen (secondary N) is 2. The Morgan fingerprint density at radius 2 is 0.895 bits per heavy atom. The molecule has 0 fully saturated rings. The topological polar surface area (TPSA) is 219 Å². The first kappa shape index (κ1) is 59.1. The number of imidazole rings is 2. The van der Waals surface area contributed by atoms with E-state index in [0.717, 1.165) is 105 Å². The lowest BCUT2D eigenvalue weighted by atomic mass is 10.00. The Labute approximate surface area is 452 Å². The number of methoxy groups -OCH3 is 6. The van der Waals surface area contributed by atoms with Crippen molar-refractivity contribution in [3.63, 3.8) is 0 Å². The van der Waals surface area contributed by atoms with Crippen LogP contribution in [-0.4, -0.2) is 106 Å². The van der Waals surface area contributed by atoms with Crippen LogP contribution in [0.25, 0.3) is 22.3 Å². The minimum Gasteiger partial charge on any atom is -0.493 e. The Morgan fingerprint density at radius 3 is 1.33 bits per heavy atom. The van der Waals surface area contributed by atoms with Gasteiger partial charge in [-0.2, -0.15) is 0 Å². The number of nitrogens with zero attached hydrogens (tertiary/aromatic N) is 8. The molecule has 0 aliphatic carbocycles. The van der Waals surface area contributed by atoms with E-state index in [1.165, 1.54) is 83.3 Å². The molecule has 0 aliphatic rings. The van der Waals surface area contributed by atoms with Crippen LogP contribution in [0.4, 0.5) is 11.6 Å². The number of nitrogens with two attached hydrogens (primary N) is 2. The molecule has 4 aromatic heterocycles. The van der Waals surface area contributed by atoms with Gasteiger partial charge in [0, 0.05) is 44.1 Å². The molecular weight excluding hydrogens is 961 g/mol. The Bertz CT molecular complexity index is 2620. The molecule has 0 bridgehead atoms. The highest BCUT2D eigenvalue weighted by molar-refractivity contribution is 5.82. The summed E-state index contributed by atoms with van der Waals surface area (Å²) in [4.78, 5) is 27.6. The third kappa shape index (κ3) is 16.7. The average molecular weight is 1050 g/mol. The highest BCUT2D eigenvalue weighted by Gasteiger charge is 2.21. The highest BCUT2D eigenvalue weighted by Crippen LogP contribution is 2.40. The molecule has 4 heterocycles. The highest BCUT2D eigenvalue weighted by atomic mass is 16.5. The van der Waals surface area contributed by atoms with Crippen LogP contribution in [0.3, 0.4) is 0 Å². The van der Waals surface area contributed by atoms with Crippen molar-refractivity contribution in [2.24, 2.45) is 0 Å². The van der Waals surface area contributed by atoms with Crippen molar-refractivity contribution < 1.29 is 28.4 Å². The van der Waals surface area contributed by atoms with Gasteiger partial charge in [0.25, 0.3) is 0 Å². The summed E-state index contributed by atoms with van der Waals surface area (Å²) < 4.78 is 38.1. The quantitative estimate of drug-likeness (QED) is 0.0265. The van der Waals surface area contributed by atoms with Crippen molar-refractivity contribution in [3.05, 3.63) is 59.7 Å². The van der Waals surface area contributed by atoms with Crippen LogP contribution in [-0.2, 0) is 25.9 Å². The standard InChI is InChI=1S/C58H90N12O6/c1-10-11-12-13-14-15-16-17-18-19-27-44(66-41(3)26-21-23-31-70-50(68-52-56(60)63-39-65-58(52)70)37-43-34-47(73-6)54(76-9)48(35-43)74-7)28-24-29-61-40(2)25-20-22-30-69-49(67-51-55(59)62-38-64-57(51)69)36-42-32-45(71-4)53(75-8)46(33-42)72-5/h32-35,38-41,44,61,66H,10-31,36-37H2,1-9H3,(H2,59,62,64)(H2,60,63,65). The van der Waals surface area contributed by atoms with Crippen LogP contribution in [0, 0.1) is 0 Å². The zero-order valence-corrected chi connectivity index (χ0v) is 47.3. The number of benzene rings is 2.